The van der Waals surface area contributed by atoms with Crippen molar-refractivity contribution in [2.45, 2.75) is 6.92 Å². The molecule has 1 heterocycles. The van der Waals surface area contributed by atoms with E-state index in [1.165, 1.54) is 6.92 Å². The molecule has 0 atom stereocenters. The summed E-state index contributed by atoms with van der Waals surface area (Å²) in [4.78, 5) is 14.6. The van der Waals surface area contributed by atoms with Crippen molar-refractivity contribution >= 4 is 5.78 Å². The van der Waals surface area contributed by atoms with Crippen molar-refractivity contribution in [1.82, 2.24) is 4.98 Å². The van der Waals surface area contributed by atoms with Gasteiger partial charge in [0.25, 0.3) is 0 Å². The number of methoxy groups -OCH3 is 3. The molecule has 2 aromatic rings. The van der Waals surface area contributed by atoms with Crippen molar-refractivity contribution < 1.29 is 19.0 Å². The SMILES string of the molecule is COc1cc(-c2c[nH]cc2C(C)=O)cc(OC)c1OC. The van der Waals surface area contributed by atoms with Crippen LogP contribution in [-0.2, 0) is 0 Å². The van der Waals surface area contributed by atoms with E-state index in [0.29, 0.717) is 22.8 Å². The molecule has 1 aromatic carbocycles. The third kappa shape index (κ3) is 2.34. The molecule has 0 spiro atoms. The summed E-state index contributed by atoms with van der Waals surface area (Å²) in [5.41, 5.74) is 2.25. The number of ether oxygens (including phenoxy) is 3. The summed E-state index contributed by atoms with van der Waals surface area (Å²) in [5, 5.41) is 0. The highest BCUT2D eigenvalue weighted by Crippen LogP contribution is 2.41. The maximum absolute atomic E-state index is 11.6. The Morgan fingerprint density at radius 3 is 2.05 bits per heavy atom. The molecular weight excluding hydrogens is 258 g/mol. The molecule has 106 valence electrons. The lowest BCUT2D eigenvalue weighted by Crippen LogP contribution is -1.97. The summed E-state index contributed by atoms with van der Waals surface area (Å²) in [6, 6.07) is 3.63. The van der Waals surface area contributed by atoms with E-state index in [1.54, 1.807) is 33.7 Å². The summed E-state index contributed by atoms with van der Waals surface area (Å²) in [7, 11) is 4.67. The van der Waals surface area contributed by atoms with Gasteiger partial charge in [-0.3, -0.25) is 4.79 Å². The number of aromatic nitrogens is 1. The van der Waals surface area contributed by atoms with Gasteiger partial charge >= 0.3 is 0 Å². The number of aromatic amines is 1. The van der Waals surface area contributed by atoms with E-state index >= 15 is 0 Å². The zero-order chi connectivity index (χ0) is 14.7. The highest BCUT2D eigenvalue weighted by atomic mass is 16.5. The number of Topliss-reactive ketones (excluding diaryl/α,β-unsaturated/α-hetero) is 1. The normalized spacial score (nSPS) is 10.2. The van der Waals surface area contributed by atoms with Crippen molar-refractivity contribution in [1.29, 1.82) is 0 Å². The van der Waals surface area contributed by atoms with Crippen molar-refractivity contribution in [2.24, 2.45) is 0 Å². The highest BCUT2D eigenvalue weighted by molar-refractivity contribution is 6.01. The van der Waals surface area contributed by atoms with Gasteiger partial charge in [-0.2, -0.15) is 0 Å². The Morgan fingerprint density at radius 1 is 1.00 bits per heavy atom. The fourth-order valence-corrected chi connectivity index (χ4v) is 2.13. The number of rotatable bonds is 5. The van der Waals surface area contributed by atoms with Crippen molar-refractivity contribution in [3.8, 4) is 28.4 Å². The Morgan fingerprint density at radius 2 is 1.60 bits per heavy atom. The van der Waals surface area contributed by atoms with E-state index < -0.39 is 0 Å². The highest BCUT2D eigenvalue weighted by Gasteiger charge is 2.17. The molecule has 0 amide bonds. The molecular formula is C15H17NO4. The minimum Gasteiger partial charge on any atom is -0.493 e. The van der Waals surface area contributed by atoms with Crippen LogP contribution in [0.3, 0.4) is 0 Å². The fourth-order valence-electron chi connectivity index (χ4n) is 2.13. The maximum atomic E-state index is 11.6. The van der Waals surface area contributed by atoms with E-state index in [2.05, 4.69) is 4.98 Å². The van der Waals surface area contributed by atoms with Crippen LogP contribution in [-0.4, -0.2) is 32.1 Å². The average molecular weight is 275 g/mol. The first-order valence-electron chi connectivity index (χ1n) is 6.10. The monoisotopic (exact) mass is 275 g/mol. The van der Waals surface area contributed by atoms with Crippen LogP contribution in [0, 0.1) is 0 Å². The predicted octanol–water partition coefficient (Wildman–Crippen LogP) is 2.91. The number of benzene rings is 1. The van der Waals surface area contributed by atoms with Crippen molar-refractivity contribution in [3.05, 3.63) is 30.1 Å². The number of H-pyrrole nitrogens is 1. The Bertz CT molecular complexity index is 606. The van der Waals surface area contributed by atoms with Gasteiger partial charge < -0.3 is 19.2 Å². The van der Waals surface area contributed by atoms with E-state index in [9.17, 15) is 4.79 Å². The number of nitrogens with one attached hydrogen (secondary N) is 1. The zero-order valence-corrected chi connectivity index (χ0v) is 11.9. The Kier molecular flexibility index (Phi) is 3.98. The standard InChI is InChI=1S/C15H17NO4/c1-9(17)11-7-16-8-12(11)10-5-13(18-2)15(20-4)14(6-10)19-3/h5-8,16H,1-4H3. The van der Waals surface area contributed by atoms with Gasteiger partial charge in [0.1, 0.15) is 0 Å². The fraction of sp³-hybridized carbons (Fsp3) is 0.267. The lowest BCUT2D eigenvalue weighted by Gasteiger charge is -2.14. The molecule has 1 N–H and O–H groups in total. The number of hydrogen-bond donors (Lipinski definition) is 1. The molecule has 0 fully saturated rings. The van der Waals surface area contributed by atoms with Crippen LogP contribution >= 0.6 is 0 Å². The van der Waals surface area contributed by atoms with Gasteiger partial charge in [-0.05, 0) is 24.6 Å². The topological polar surface area (TPSA) is 60.6 Å². The zero-order valence-electron chi connectivity index (χ0n) is 11.9. The second-order valence-electron chi connectivity index (χ2n) is 4.25. The summed E-state index contributed by atoms with van der Waals surface area (Å²) in [5.74, 6) is 1.63. The Hall–Kier alpha value is -2.43. The van der Waals surface area contributed by atoms with Gasteiger partial charge in [0.05, 0.1) is 21.3 Å². The van der Waals surface area contributed by atoms with Gasteiger partial charge in [0, 0.05) is 23.5 Å². The molecule has 0 aliphatic heterocycles. The quantitative estimate of drug-likeness (QED) is 0.852. The Balaban J connectivity index is 2.63. The van der Waals surface area contributed by atoms with Gasteiger partial charge in [-0.1, -0.05) is 0 Å². The molecule has 0 unspecified atom stereocenters. The first-order valence-corrected chi connectivity index (χ1v) is 6.10. The number of carbonyl (C=O) groups is 1. The first-order chi connectivity index (χ1) is 9.62. The molecule has 5 heteroatoms. The van der Waals surface area contributed by atoms with E-state index in [1.807, 2.05) is 12.1 Å². The van der Waals surface area contributed by atoms with Crippen LogP contribution in [0.5, 0.6) is 17.2 Å². The summed E-state index contributed by atoms with van der Waals surface area (Å²) in [6.07, 6.45) is 3.46. The first kappa shape index (κ1) is 14.0. The molecule has 0 saturated carbocycles. The van der Waals surface area contributed by atoms with Crippen LogP contribution in [0.15, 0.2) is 24.5 Å². The third-order valence-electron chi connectivity index (χ3n) is 3.10. The van der Waals surface area contributed by atoms with Crippen LogP contribution in [0.25, 0.3) is 11.1 Å². The third-order valence-corrected chi connectivity index (χ3v) is 3.10. The molecule has 0 radical (unpaired) electrons. The average Bonchev–Trinajstić information content (AvgIpc) is 2.95. The maximum Gasteiger partial charge on any atom is 0.203 e. The summed E-state index contributed by atoms with van der Waals surface area (Å²) in [6.45, 7) is 1.53. The Labute approximate surface area is 117 Å². The molecule has 0 aliphatic carbocycles. The molecule has 5 nitrogen and oxygen atoms in total. The van der Waals surface area contributed by atoms with Crippen LogP contribution in [0.1, 0.15) is 17.3 Å². The number of hydrogen-bond acceptors (Lipinski definition) is 4. The smallest absolute Gasteiger partial charge is 0.203 e. The lowest BCUT2D eigenvalue weighted by atomic mass is 10.0. The van der Waals surface area contributed by atoms with Crippen LogP contribution in [0.2, 0.25) is 0 Å². The number of ketones is 1. The molecule has 1 aromatic heterocycles. The lowest BCUT2D eigenvalue weighted by molar-refractivity contribution is 0.101. The van der Waals surface area contributed by atoms with Crippen LogP contribution in [0.4, 0.5) is 0 Å². The molecule has 2 rings (SSSR count). The molecule has 20 heavy (non-hydrogen) atoms. The van der Waals surface area contributed by atoms with Gasteiger partial charge in [0.2, 0.25) is 5.75 Å². The van der Waals surface area contributed by atoms with Crippen molar-refractivity contribution in [3.63, 3.8) is 0 Å². The van der Waals surface area contributed by atoms with E-state index in [0.717, 1.165) is 11.1 Å². The minimum absolute atomic E-state index is 0.00463. The molecule has 0 bridgehead atoms. The summed E-state index contributed by atoms with van der Waals surface area (Å²) >= 11 is 0. The minimum atomic E-state index is -0.00463. The second-order valence-corrected chi connectivity index (χ2v) is 4.25. The summed E-state index contributed by atoms with van der Waals surface area (Å²) < 4.78 is 15.9. The van der Waals surface area contributed by atoms with E-state index in [-0.39, 0.29) is 5.78 Å². The predicted molar refractivity (Wildman–Crippen MR) is 75.9 cm³/mol. The number of carbonyl (C=O) groups excluding carboxylic acids is 1. The molecule has 0 saturated heterocycles. The van der Waals surface area contributed by atoms with Gasteiger partial charge in [0.15, 0.2) is 17.3 Å². The van der Waals surface area contributed by atoms with Gasteiger partial charge in [-0.15, -0.1) is 0 Å². The molecule has 0 aliphatic rings. The largest absolute Gasteiger partial charge is 0.493 e. The van der Waals surface area contributed by atoms with Crippen LogP contribution < -0.4 is 14.2 Å². The van der Waals surface area contributed by atoms with E-state index in [4.69, 9.17) is 14.2 Å². The van der Waals surface area contributed by atoms with Gasteiger partial charge in [-0.25, -0.2) is 0 Å². The second kappa shape index (κ2) is 5.69. The van der Waals surface area contributed by atoms with Crippen molar-refractivity contribution in [2.75, 3.05) is 21.3 Å².